The summed E-state index contributed by atoms with van der Waals surface area (Å²) in [6.45, 7) is 8.34. The molecule has 0 bridgehead atoms. The third-order valence-electron chi connectivity index (χ3n) is 3.54. The van der Waals surface area contributed by atoms with Crippen molar-refractivity contribution in [3.8, 4) is 0 Å². The first-order chi connectivity index (χ1) is 5.78. The van der Waals surface area contributed by atoms with Gasteiger partial charge in [0.25, 0.3) is 0 Å². The second-order valence-corrected chi connectivity index (χ2v) is 4.35. The zero-order chi connectivity index (χ0) is 8.60. The summed E-state index contributed by atoms with van der Waals surface area (Å²) in [5, 5.41) is 3.50. The summed E-state index contributed by atoms with van der Waals surface area (Å²) in [6.07, 6.45) is 4.14. The Bertz CT molecular complexity index is 163. The normalized spacial score (nSPS) is 30.5. The van der Waals surface area contributed by atoms with Gasteiger partial charge in [-0.25, -0.2) is 0 Å². The maximum Gasteiger partial charge on any atom is 0.0338 e. The van der Waals surface area contributed by atoms with E-state index in [1.165, 1.54) is 38.9 Å². The van der Waals surface area contributed by atoms with Crippen LogP contribution in [0.3, 0.4) is 0 Å². The minimum absolute atomic E-state index is 0.591. The van der Waals surface area contributed by atoms with Crippen molar-refractivity contribution in [3.05, 3.63) is 0 Å². The standard InChI is InChI=1S/C10H20N2/c1-3-9(2)12-7-6-11-8-10(12)4-5-10/h9,11H,3-8H2,1-2H3. The molecule has 1 atom stereocenters. The van der Waals surface area contributed by atoms with Crippen molar-refractivity contribution in [2.45, 2.75) is 44.7 Å². The fraction of sp³-hybridized carbons (Fsp3) is 1.00. The highest BCUT2D eigenvalue weighted by atomic mass is 15.3. The van der Waals surface area contributed by atoms with Gasteiger partial charge in [0.05, 0.1) is 0 Å². The van der Waals surface area contributed by atoms with Gasteiger partial charge >= 0.3 is 0 Å². The molecule has 2 heteroatoms. The van der Waals surface area contributed by atoms with Crippen LogP contribution >= 0.6 is 0 Å². The Kier molecular flexibility index (Phi) is 2.13. The van der Waals surface area contributed by atoms with E-state index in [0.29, 0.717) is 5.54 Å². The smallest absolute Gasteiger partial charge is 0.0338 e. The van der Waals surface area contributed by atoms with Crippen LogP contribution in [0.2, 0.25) is 0 Å². The van der Waals surface area contributed by atoms with E-state index in [4.69, 9.17) is 0 Å². The summed E-state index contributed by atoms with van der Waals surface area (Å²) in [7, 11) is 0. The van der Waals surface area contributed by atoms with E-state index in [9.17, 15) is 0 Å². The summed E-state index contributed by atoms with van der Waals surface area (Å²) in [5.74, 6) is 0. The molecule has 1 saturated carbocycles. The predicted molar refractivity (Wildman–Crippen MR) is 51.3 cm³/mol. The number of nitrogens with zero attached hydrogens (tertiary/aromatic N) is 1. The topological polar surface area (TPSA) is 15.3 Å². The van der Waals surface area contributed by atoms with E-state index < -0.39 is 0 Å². The zero-order valence-electron chi connectivity index (χ0n) is 8.27. The maximum atomic E-state index is 3.50. The minimum atomic E-state index is 0.591. The number of nitrogens with one attached hydrogen (secondary N) is 1. The van der Waals surface area contributed by atoms with Crippen molar-refractivity contribution in [2.75, 3.05) is 19.6 Å². The lowest BCUT2D eigenvalue weighted by Gasteiger charge is -2.40. The van der Waals surface area contributed by atoms with Crippen LogP contribution in [-0.2, 0) is 0 Å². The lowest BCUT2D eigenvalue weighted by molar-refractivity contribution is 0.0953. The molecule has 0 radical (unpaired) electrons. The van der Waals surface area contributed by atoms with Gasteiger partial charge in [-0.15, -0.1) is 0 Å². The van der Waals surface area contributed by atoms with E-state index in [1.807, 2.05) is 0 Å². The third kappa shape index (κ3) is 1.27. The molecule has 2 fully saturated rings. The van der Waals surface area contributed by atoms with Crippen LogP contribution in [0.4, 0.5) is 0 Å². The number of hydrogen-bond donors (Lipinski definition) is 1. The van der Waals surface area contributed by atoms with Gasteiger partial charge in [-0.3, -0.25) is 4.90 Å². The van der Waals surface area contributed by atoms with E-state index in [0.717, 1.165) is 6.04 Å². The summed E-state index contributed by atoms with van der Waals surface area (Å²) >= 11 is 0. The molecule has 0 aromatic rings. The monoisotopic (exact) mass is 168 g/mol. The largest absolute Gasteiger partial charge is 0.314 e. The van der Waals surface area contributed by atoms with E-state index in [2.05, 4.69) is 24.1 Å². The minimum Gasteiger partial charge on any atom is -0.314 e. The highest BCUT2D eigenvalue weighted by molar-refractivity contribution is 5.08. The van der Waals surface area contributed by atoms with Gasteiger partial charge in [-0.2, -0.15) is 0 Å². The Morgan fingerprint density at radius 3 is 2.83 bits per heavy atom. The molecule has 0 amide bonds. The van der Waals surface area contributed by atoms with Crippen molar-refractivity contribution in [2.24, 2.45) is 0 Å². The highest BCUT2D eigenvalue weighted by Gasteiger charge is 2.49. The van der Waals surface area contributed by atoms with Gasteiger partial charge in [-0.05, 0) is 26.2 Å². The average molecular weight is 168 g/mol. The summed E-state index contributed by atoms with van der Waals surface area (Å²) in [5.41, 5.74) is 0.591. The Morgan fingerprint density at radius 2 is 2.25 bits per heavy atom. The van der Waals surface area contributed by atoms with E-state index in [-0.39, 0.29) is 0 Å². The molecule has 0 aromatic carbocycles. The lowest BCUT2D eigenvalue weighted by atomic mass is 10.1. The Labute approximate surface area is 75.3 Å². The first-order valence-corrected chi connectivity index (χ1v) is 5.26. The van der Waals surface area contributed by atoms with Gasteiger partial charge in [0.1, 0.15) is 0 Å². The lowest BCUT2D eigenvalue weighted by Crippen LogP contribution is -2.56. The van der Waals surface area contributed by atoms with Crippen LogP contribution in [0.25, 0.3) is 0 Å². The molecule has 1 spiro atoms. The molecule has 12 heavy (non-hydrogen) atoms. The van der Waals surface area contributed by atoms with Crippen molar-refractivity contribution in [3.63, 3.8) is 0 Å². The van der Waals surface area contributed by atoms with Crippen molar-refractivity contribution in [1.29, 1.82) is 0 Å². The SMILES string of the molecule is CCC(C)N1CCNCC12CC2. The van der Waals surface area contributed by atoms with Crippen molar-refractivity contribution < 1.29 is 0 Å². The highest BCUT2D eigenvalue weighted by Crippen LogP contribution is 2.43. The Balaban J connectivity index is 2.01. The number of piperazine rings is 1. The molecule has 2 nitrogen and oxygen atoms in total. The molecule has 1 aliphatic heterocycles. The first-order valence-electron chi connectivity index (χ1n) is 5.26. The predicted octanol–water partition coefficient (Wildman–Crippen LogP) is 1.22. The van der Waals surface area contributed by atoms with Crippen molar-refractivity contribution in [1.82, 2.24) is 10.2 Å². The zero-order valence-corrected chi connectivity index (χ0v) is 8.27. The van der Waals surface area contributed by atoms with Gasteiger partial charge in [-0.1, -0.05) is 6.92 Å². The third-order valence-corrected chi connectivity index (χ3v) is 3.54. The number of rotatable bonds is 2. The van der Waals surface area contributed by atoms with Crippen LogP contribution in [0, 0.1) is 0 Å². The van der Waals surface area contributed by atoms with Crippen LogP contribution in [0.1, 0.15) is 33.1 Å². The van der Waals surface area contributed by atoms with Gasteiger partial charge in [0.15, 0.2) is 0 Å². The molecule has 1 aliphatic carbocycles. The fourth-order valence-corrected chi connectivity index (χ4v) is 2.38. The molecule has 2 aliphatic rings. The molecule has 1 saturated heterocycles. The van der Waals surface area contributed by atoms with Crippen molar-refractivity contribution >= 4 is 0 Å². The van der Waals surface area contributed by atoms with Gasteiger partial charge < -0.3 is 5.32 Å². The second kappa shape index (κ2) is 3.00. The summed E-state index contributed by atoms with van der Waals surface area (Å²) < 4.78 is 0. The summed E-state index contributed by atoms with van der Waals surface area (Å²) in [4.78, 5) is 2.73. The summed E-state index contributed by atoms with van der Waals surface area (Å²) in [6, 6.07) is 0.787. The molecule has 0 aromatic heterocycles. The maximum absolute atomic E-state index is 3.50. The molecule has 1 unspecified atom stereocenters. The van der Waals surface area contributed by atoms with Gasteiger partial charge in [0.2, 0.25) is 0 Å². The Hall–Kier alpha value is -0.0800. The molecule has 1 N–H and O–H groups in total. The van der Waals surface area contributed by atoms with Crippen LogP contribution in [-0.4, -0.2) is 36.1 Å². The first kappa shape index (κ1) is 8.52. The second-order valence-electron chi connectivity index (χ2n) is 4.35. The molecule has 1 heterocycles. The molecular formula is C10H20N2. The van der Waals surface area contributed by atoms with E-state index in [1.54, 1.807) is 0 Å². The van der Waals surface area contributed by atoms with Crippen LogP contribution in [0.5, 0.6) is 0 Å². The quantitative estimate of drug-likeness (QED) is 0.667. The van der Waals surface area contributed by atoms with Crippen LogP contribution in [0.15, 0.2) is 0 Å². The van der Waals surface area contributed by atoms with Crippen LogP contribution < -0.4 is 5.32 Å². The van der Waals surface area contributed by atoms with Gasteiger partial charge in [0, 0.05) is 31.2 Å². The average Bonchev–Trinajstić information content (AvgIpc) is 2.85. The molecular weight excluding hydrogens is 148 g/mol. The molecule has 2 rings (SSSR count). The van der Waals surface area contributed by atoms with E-state index >= 15 is 0 Å². The fourth-order valence-electron chi connectivity index (χ4n) is 2.38. The Morgan fingerprint density at radius 1 is 1.50 bits per heavy atom. The molecule has 70 valence electrons. The number of hydrogen-bond acceptors (Lipinski definition) is 2.